The SMILES string of the molecule is CNc1cc(-c2cc(C(F)(F)F)nn2NS(=O)(=O)c2ccccc2)ccc1C. The van der Waals surface area contributed by atoms with Crippen LogP contribution < -0.4 is 10.1 Å². The third kappa shape index (κ3) is 3.96. The molecule has 148 valence electrons. The van der Waals surface area contributed by atoms with Crippen molar-refractivity contribution < 1.29 is 21.6 Å². The van der Waals surface area contributed by atoms with Gasteiger partial charge in [0.15, 0.2) is 5.69 Å². The molecule has 0 fully saturated rings. The van der Waals surface area contributed by atoms with Crippen molar-refractivity contribution in [3.05, 3.63) is 65.9 Å². The fourth-order valence-corrected chi connectivity index (χ4v) is 3.60. The average molecular weight is 410 g/mol. The Hall–Kier alpha value is -3.01. The van der Waals surface area contributed by atoms with Gasteiger partial charge >= 0.3 is 6.18 Å². The lowest BCUT2D eigenvalue weighted by Crippen LogP contribution is -2.25. The Bertz CT molecular complexity index is 1090. The number of rotatable bonds is 5. The van der Waals surface area contributed by atoms with Gasteiger partial charge in [-0.15, -0.1) is 5.10 Å². The van der Waals surface area contributed by atoms with Crippen LogP contribution in [0.2, 0.25) is 0 Å². The quantitative estimate of drug-likeness (QED) is 0.670. The summed E-state index contributed by atoms with van der Waals surface area (Å²) in [6.45, 7) is 1.84. The summed E-state index contributed by atoms with van der Waals surface area (Å²) in [5.74, 6) is 0. The Balaban J connectivity index is 2.12. The molecule has 0 radical (unpaired) electrons. The molecular weight excluding hydrogens is 393 g/mol. The molecule has 1 aromatic heterocycles. The number of aromatic nitrogens is 2. The molecule has 0 aliphatic heterocycles. The van der Waals surface area contributed by atoms with Gasteiger partial charge in [-0.25, -0.2) is 0 Å². The highest BCUT2D eigenvalue weighted by molar-refractivity contribution is 7.92. The predicted octanol–water partition coefficient (Wildman–Crippen LogP) is 3.85. The molecule has 6 nitrogen and oxygen atoms in total. The molecule has 0 amide bonds. The van der Waals surface area contributed by atoms with Gasteiger partial charge in [0.2, 0.25) is 0 Å². The van der Waals surface area contributed by atoms with Gasteiger partial charge < -0.3 is 5.32 Å². The lowest BCUT2D eigenvalue weighted by molar-refractivity contribution is -0.141. The molecule has 0 aliphatic rings. The number of aryl methyl sites for hydroxylation is 1. The molecule has 0 saturated heterocycles. The van der Waals surface area contributed by atoms with Gasteiger partial charge in [0.05, 0.1) is 10.6 Å². The van der Waals surface area contributed by atoms with Crippen LogP contribution in [0.1, 0.15) is 11.3 Å². The fraction of sp³-hybridized carbons (Fsp3) is 0.167. The van der Waals surface area contributed by atoms with Crippen molar-refractivity contribution in [2.45, 2.75) is 18.0 Å². The van der Waals surface area contributed by atoms with Crippen molar-refractivity contribution in [1.29, 1.82) is 0 Å². The van der Waals surface area contributed by atoms with E-state index < -0.39 is 21.9 Å². The number of hydrogen-bond acceptors (Lipinski definition) is 4. The monoisotopic (exact) mass is 410 g/mol. The minimum Gasteiger partial charge on any atom is -0.388 e. The van der Waals surface area contributed by atoms with Crippen LogP contribution in [0.3, 0.4) is 0 Å². The Morgan fingerprint density at radius 3 is 2.32 bits per heavy atom. The maximum atomic E-state index is 13.2. The Labute approximate surface area is 160 Å². The Kier molecular flexibility index (Phi) is 5.07. The van der Waals surface area contributed by atoms with E-state index in [1.165, 1.54) is 24.3 Å². The van der Waals surface area contributed by atoms with Gasteiger partial charge in [-0.05, 0) is 36.8 Å². The van der Waals surface area contributed by atoms with Crippen LogP contribution in [0.4, 0.5) is 18.9 Å². The maximum absolute atomic E-state index is 13.2. The normalized spacial score (nSPS) is 12.0. The van der Waals surface area contributed by atoms with E-state index in [0.717, 1.165) is 11.6 Å². The number of anilines is 1. The summed E-state index contributed by atoms with van der Waals surface area (Å²) >= 11 is 0. The van der Waals surface area contributed by atoms with Crippen LogP contribution in [0, 0.1) is 6.92 Å². The number of sulfonamides is 1. The van der Waals surface area contributed by atoms with E-state index in [1.807, 2.05) is 6.92 Å². The van der Waals surface area contributed by atoms with E-state index in [1.54, 1.807) is 31.3 Å². The third-order valence-corrected chi connectivity index (χ3v) is 5.37. The van der Waals surface area contributed by atoms with Gasteiger partial charge in [0.25, 0.3) is 10.0 Å². The van der Waals surface area contributed by atoms with E-state index in [9.17, 15) is 21.6 Å². The molecule has 28 heavy (non-hydrogen) atoms. The number of alkyl halides is 3. The lowest BCUT2D eigenvalue weighted by Gasteiger charge is -2.13. The van der Waals surface area contributed by atoms with E-state index >= 15 is 0 Å². The summed E-state index contributed by atoms with van der Waals surface area (Å²) in [5, 5.41) is 6.37. The van der Waals surface area contributed by atoms with E-state index in [4.69, 9.17) is 0 Å². The lowest BCUT2D eigenvalue weighted by atomic mass is 10.1. The van der Waals surface area contributed by atoms with Crippen molar-refractivity contribution in [1.82, 2.24) is 9.89 Å². The summed E-state index contributed by atoms with van der Waals surface area (Å²) in [6, 6.07) is 13.1. The van der Waals surface area contributed by atoms with Crippen LogP contribution in [0.5, 0.6) is 0 Å². The molecule has 0 spiro atoms. The van der Waals surface area contributed by atoms with Gasteiger partial charge in [-0.3, -0.25) is 0 Å². The molecule has 10 heteroatoms. The largest absolute Gasteiger partial charge is 0.435 e. The molecule has 0 saturated carbocycles. The Morgan fingerprint density at radius 1 is 1.04 bits per heavy atom. The minimum atomic E-state index is -4.73. The molecule has 2 N–H and O–H groups in total. The molecular formula is C18H17F3N4O2S. The molecule has 0 atom stereocenters. The first-order chi connectivity index (χ1) is 13.1. The zero-order valence-electron chi connectivity index (χ0n) is 14.9. The summed E-state index contributed by atoms with van der Waals surface area (Å²) in [6.07, 6.45) is -4.73. The highest BCUT2D eigenvalue weighted by Gasteiger charge is 2.35. The van der Waals surface area contributed by atoms with Crippen LogP contribution in [0.15, 0.2) is 59.5 Å². The molecule has 1 heterocycles. The van der Waals surface area contributed by atoms with Crippen molar-refractivity contribution in [2.75, 3.05) is 17.2 Å². The first-order valence-electron chi connectivity index (χ1n) is 8.16. The number of nitrogens with zero attached hydrogens (tertiary/aromatic N) is 2. The Morgan fingerprint density at radius 2 is 1.71 bits per heavy atom. The van der Waals surface area contributed by atoms with Gasteiger partial charge in [-0.2, -0.15) is 31.2 Å². The highest BCUT2D eigenvalue weighted by atomic mass is 32.2. The van der Waals surface area contributed by atoms with Gasteiger partial charge in [0, 0.05) is 18.3 Å². The van der Waals surface area contributed by atoms with E-state index in [-0.39, 0.29) is 10.6 Å². The smallest absolute Gasteiger partial charge is 0.388 e. The first-order valence-corrected chi connectivity index (χ1v) is 9.64. The molecule has 2 aromatic carbocycles. The second kappa shape index (κ2) is 7.19. The minimum absolute atomic E-state index is 0.0386. The zero-order chi connectivity index (χ0) is 20.5. The summed E-state index contributed by atoms with van der Waals surface area (Å²) in [4.78, 5) is 2.65. The van der Waals surface area contributed by atoms with Crippen molar-refractivity contribution in [3.8, 4) is 11.3 Å². The molecule has 3 rings (SSSR count). The summed E-state index contributed by atoms with van der Waals surface area (Å²) < 4.78 is 64.7. The van der Waals surface area contributed by atoms with Gasteiger partial charge in [-0.1, -0.05) is 30.3 Å². The average Bonchev–Trinajstić information content (AvgIpc) is 3.06. The number of benzene rings is 2. The van der Waals surface area contributed by atoms with Gasteiger partial charge in [0.1, 0.15) is 0 Å². The summed E-state index contributed by atoms with van der Waals surface area (Å²) in [5.41, 5.74) is 0.713. The highest BCUT2D eigenvalue weighted by Crippen LogP contribution is 2.33. The molecule has 0 aliphatic carbocycles. The first kappa shape index (κ1) is 19.7. The predicted molar refractivity (Wildman–Crippen MR) is 99.9 cm³/mol. The number of hydrogen-bond donors (Lipinski definition) is 2. The van der Waals surface area contributed by atoms with E-state index in [0.29, 0.717) is 16.0 Å². The third-order valence-electron chi connectivity index (χ3n) is 4.06. The number of nitrogens with one attached hydrogen (secondary N) is 2. The topological polar surface area (TPSA) is 76.0 Å². The van der Waals surface area contributed by atoms with E-state index in [2.05, 4.69) is 15.2 Å². The van der Waals surface area contributed by atoms with Crippen molar-refractivity contribution >= 4 is 15.7 Å². The second-order valence-electron chi connectivity index (χ2n) is 6.01. The van der Waals surface area contributed by atoms with Crippen LogP contribution in [-0.4, -0.2) is 25.4 Å². The fourth-order valence-electron chi connectivity index (χ4n) is 2.61. The molecule has 0 unspecified atom stereocenters. The van der Waals surface area contributed by atoms with Crippen LogP contribution in [0.25, 0.3) is 11.3 Å². The maximum Gasteiger partial charge on any atom is 0.435 e. The number of halogens is 3. The van der Waals surface area contributed by atoms with Crippen molar-refractivity contribution in [2.24, 2.45) is 0 Å². The zero-order valence-corrected chi connectivity index (χ0v) is 15.8. The summed E-state index contributed by atoms with van der Waals surface area (Å²) in [7, 11) is -2.45. The van der Waals surface area contributed by atoms with Crippen molar-refractivity contribution in [3.63, 3.8) is 0 Å². The standard InChI is InChI=1S/C18H17F3N4O2S/c1-12-8-9-13(10-15(12)22-2)16-11-17(18(19,20)21)23-25(16)24-28(26,27)14-6-4-3-5-7-14/h3-11,22,24H,1-2H3. The van der Waals surface area contributed by atoms with Crippen LogP contribution >= 0.6 is 0 Å². The second-order valence-corrected chi connectivity index (χ2v) is 7.67. The van der Waals surface area contributed by atoms with Crippen LogP contribution in [-0.2, 0) is 16.2 Å². The molecule has 0 bridgehead atoms. The molecule has 3 aromatic rings.